The molecule has 466 valence electrons. The predicted octanol–water partition coefficient (Wildman–Crippen LogP) is 14.0. The van der Waals surface area contributed by atoms with Crippen LogP contribution >= 0.6 is 35.6 Å². The quantitative estimate of drug-likeness (QED) is 0.0291. The summed E-state index contributed by atoms with van der Waals surface area (Å²) in [7, 11) is 7.75. The fourth-order valence-electron chi connectivity index (χ4n) is 12.1. The van der Waals surface area contributed by atoms with Gasteiger partial charge in [0.05, 0.1) is 39.9 Å². The van der Waals surface area contributed by atoms with Gasteiger partial charge in [0, 0.05) is 95.7 Å². The number of rotatable bonds is 19. The largest absolute Gasteiger partial charge is 0.516 e. The Balaban J connectivity index is 0.000000201. The van der Waals surface area contributed by atoms with E-state index in [4.69, 9.17) is 33.2 Å². The topological polar surface area (TPSA) is 199 Å². The molecule has 20 heteroatoms. The van der Waals surface area contributed by atoms with Crippen LogP contribution in [0, 0.1) is 23.7 Å². The molecule has 0 spiro atoms. The van der Waals surface area contributed by atoms with Crippen molar-refractivity contribution in [3.63, 3.8) is 0 Å². The predicted molar refractivity (Wildman–Crippen MR) is 351 cm³/mol. The Morgan fingerprint density at radius 3 is 1.51 bits per heavy atom. The lowest BCUT2D eigenvalue weighted by atomic mass is 9.80. The van der Waals surface area contributed by atoms with Crippen LogP contribution in [0.3, 0.4) is 0 Å². The van der Waals surface area contributed by atoms with Crippen molar-refractivity contribution in [3.05, 3.63) is 108 Å². The van der Waals surface area contributed by atoms with Gasteiger partial charge >= 0.3 is 12.1 Å². The molecule has 0 bridgehead atoms. The lowest BCUT2D eigenvalue weighted by molar-refractivity contribution is -0.134. The number of hydrogen-bond donors (Lipinski definition) is 5. The van der Waals surface area contributed by atoms with E-state index in [9.17, 15) is 14.4 Å². The number of halogens is 3. The number of piperidine rings is 2. The van der Waals surface area contributed by atoms with E-state index in [0.29, 0.717) is 40.6 Å². The molecule has 6 heterocycles. The molecule has 4 aliphatic rings. The van der Waals surface area contributed by atoms with Crippen LogP contribution in [0.4, 0.5) is 16.7 Å². The zero-order valence-electron chi connectivity index (χ0n) is 51.2. The standard InChI is InChI=1S/C31H41ClN6O.C25H32ClN5.C10H17NO4.ClH/c1-37(2)17-5-8-29(39)38-18-15-23(16-19-38)10-9-22-11-13-24(14-12-22)35-31-34-21-27(32)30(36-31)26-20-33-28-7-4-3-6-25(26)28;26-22-16-29-25(31-24(22)21-15-28-23-4-2-1-3-20(21)23)30-19-9-7-17(8-10-19)5-6-18-11-13-27-14-12-18;1-8(2)14-10(13)15-9(12)6-5-7-11(3)4;/h3-8,20-24,33H,9-19H2,1-2H3,(H,34,35,36);1-4,15-19,27-28H,5-14H2,(H,29,30,31);5-6,8H,7H2,1-4H3;1H/b8-5+;;6-5+;. The molecule has 0 radical (unpaired) electrons. The third kappa shape index (κ3) is 21.1. The van der Waals surface area contributed by atoms with Gasteiger partial charge in [-0.3, -0.25) is 4.79 Å². The number of ether oxygens (including phenoxy) is 2. The van der Waals surface area contributed by atoms with Crippen LogP contribution < -0.4 is 16.0 Å². The number of carbonyl (C=O) groups is 3. The normalized spacial score (nSPS) is 19.5. The van der Waals surface area contributed by atoms with E-state index >= 15 is 0 Å². The number of likely N-dealkylation sites (N-methyl/N-ethyl adjacent to an activating group) is 2. The van der Waals surface area contributed by atoms with Crippen LogP contribution in [-0.4, -0.2) is 148 Å². The number of hydrogen-bond acceptors (Lipinski definition) is 14. The highest BCUT2D eigenvalue weighted by Gasteiger charge is 2.27. The fourth-order valence-corrected chi connectivity index (χ4v) is 12.4. The smallest absolute Gasteiger partial charge is 0.431 e. The SMILES string of the molecule is CC(C)OC(=O)OC(=O)/C=C/CN(C)C.CN(C)C/C=C/C(=O)N1CCC(CCC2CCC(Nc3ncc(Cl)c(-c4c[nH]c5ccccc45)n3)CC2)CC1.Cl.Clc1cnc(NC2CCC(CCC3CCNCC3)CC2)nc1-c1c[nH]c2ccccc12. The molecule has 4 fully saturated rings. The Hall–Kier alpha value is -6.08. The van der Waals surface area contributed by atoms with Gasteiger partial charge in [0.1, 0.15) is 0 Å². The maximum absolute atomic E-state index is 12.4. The summed E-state index contributed by atoms with van der Waals surface area (Å²) in [4.78, 5) is 65.4. The first-order valence-electron chi connectivity index (χ1n) is 30.9. The number of H-pyrrole nitrogens is 2. The first-order chi connectivity index (χ1) is 41.1. The van der Waals surface area contributed by atoms with Crippen molar-refractivity contribution in [2.45, 2.75) is 135 Å². The third-order valence-electron chi connectivity index (χ3n) is 16.9. The average Bonchev–Trinajstić information content (AvgIpc) is 4.13. The van der Waals surface area contributed by atoms with Crippen LogP contribution in [0.1, 0.15) is 117 Å². The van der Waals surface area contributed by atoms with Crippen molar-refractivity contribution in [2.75, 3.05) is 78.1 Å². The molecular formula is C66H91Cl3N12O5. The zero-order valence-corrected chi connectivity index (χ0v) is 53.5. The van der Waals surface area contributed by atoms with Crippen LogP contribution in [0.2, 0.25) is 10.0 Å². The Morgan fingerprint density at radius 2 is 1.06 bits per heavy atom. The molecule has 4 aromatic heterocycles. The molecule has 2 saturated heterocycles. The van der Waals surface area contributed by atoms with Crippen molar-refractivity contribution in [1.29, 1.82) is 0 Å². The molecule has 2 aliphatic carbocycles. The number of anilines is 2. The average molecular weight is 1240 g/mol. The number of amides is 1. The van der Waals surface area contributed by atoms with Gasteiger partial charge in [-0.1, -0.05) is 97.4 Å². The minimum absolute atomic E-state index is 0. The van der Waals surface area contributed by atoms with Gasteiger partial charge in [0.2, 0.25) is 17.8 Å². The molecule has 2 aliphatic heterocycles. The van der Waals surface area contributed by atoms with Gasteiger partial charge in [0.15, 0.2) is 0 Å². The summed E-state index contributed by atoms with van der Waals surface area (Å²) in [6.45, 7) is 8.97. The second-order valence-corrected chi connectivity index (χ2v) is 25.1. The summed E-state index contributed by atoms with van der Waals surface area (Å²) < 4.78 is 8.96. The number of aromatic amines is 2. The number of likely N-dealkylation sites (tertiary alicyclic amines) is 1. The molecule has 10 rings (SSSR count). The first kappa shape index (κ1) is 67.4. The number of carbonyl (C=O) groups excluding carboxylic acids is 3. The lowest BCUT2D eigenvalue weighted by Gasteiger charge is -2.33. The number of para-hydroxylation sites is 2. The first-order valence-corrected chi connectivity index (χ1v) is 31.6. The molecule has 86 heavy (non-hydrogen) atoms. The maximum Gasteiger partial charge on any atom is 0.516 e. The lowest BCUT2D eigenvalue weighted by Crippen LogP contribution is -2.37. The second-order valence-electron chi connectivity index (χ2n) is 24.3. The van der Waals surface area contributed by atoms with E-state index in [0.717, 1.165) is 113 Å². The summed E-state index contributed by atoms with van der Waals surface area (Å²) in [6, 6.07) is 17.3. The monoisotopic (exact) mass is 1240 g/mol. The molecule has 2 aromatic carbocycles. The van der Waals surface area contributed by atoms with Gasteiger partial charge in [-0.15, -0.1) is 12.4 Å². The van der Waals surface area contributed by atoms with E-state index in [-0.39, 0.29) is 24.4 Å². The van der Waals surface area contributed by atoms with Crippen LogP contribution in [-0.2, 0) is 19.1 Å². The van der Waals surface area contributed by atoms with Crippen molar-refractivity contribution in [2.24, 2.45) is 23.7 Å². The van der Waals surface area contributed by atoms with Crippen LogP contribution in [0.15, 0.2) is 97.6 Å². The number of fused-ring (bicyclic) bond motifs is 2. The van der Waals surface area contributed by atoms with Gasteiger partial charge in [-0.25, -0.2) is 29.5 Å². The minimum atomic E-state index is -0.968. The van der Waals surface area contributed by atoms with Crippen molar-refractivity contribution in [1.82, 2.24) is 49.9 Å². The number of benzene rings is 2. The van der Waals surface area contributed by atoms with Crippen molar-refractivity contribution in [3.8, 4) is 22.5 Å². The summed E-state index contributed by atoms with van der Waals surface area (Å²) >= 11 is 13.0. The van der Waals surface area contributed by atoms with E-state index in [1.807, 2.05) is 80.7 Å². The number of nitrogens with zero attached hydrogens (tertiary/aromatic N) is 7. The molecule has 6 aromatic rings. The van der Waals surface area contributed by atoms with Crippen molar-refractivity contribution < 1.29 is 23.9 Å². The van der Waals surface area contributed by atoms with Crippen LogP contribution in [0.5, 0.6) is 0 Å². The molecule has 2 saturated carbocycles. The van der Waals surface area contributed by atoms with Gasteiger partial charge < -0.3 is 50.1 Å². The van der Waals surface area contributed by atoms with Gasteiger partial charge in [0.25, 0.3) is 0 Å². The molecular weight excluding hydrogens is 1150 g/mol. The highest BCUT2D eigenvalue weighted by atomic mass is 35.5. The molecule has 0 unspecified atom stereocenters. The minimum Gasteiger partial charge on any atom is -0.431 e. The fraction of sp³-hybridized carbons (Fsp3) is 0.530. The Kier molecular flexibility index (Phi) is 27.0. The van der Waals surface area contributed by atoms with Gasteiger partial charge in [-0.05, 0) is 168 Å². The van der Waals surface area contributed by atoms with Crippen LogP contribution in [0.25, 0.3) is 44.3 Å². The maximum atomic E-state index is 12.4. The number of aromatic nitrogens is 6. The Bertz CT molecular complexity index is 3120. The van der Waals surface area contributed by atoms with Gasteiger partial charge in [-0.2, -0.15) is 0 Å². The van der Waals surface area contributed by atoms with Crippen molar-refractivity contribution >= 4 is 87.3 Å². The van der Waals surface area contributed by atoms with E-state index in [2.05, 4.69) is 74.5 Å². The summed E-state index contributed by atoms with van der Waals surface area (Å²) in [6.07, 6.45) is 32.8. The highest BCUT2D eigenvalue weighted by Crippen LogP contribution is 2.37. The Labute approximate surface area is 525 Å². The summed E-state index contributed by atoms with van der Waals surface area (Å²) in [5.74, 6) is 4.17. The molecule has 17 nitrogen and oxygen atoms in total. The highest BCUT2D eigenvalue weighted by molar-refractivity contribution is 6.33. The Morgan fingerprint density at radius 1 is 0.628 bits per heavy atom. The molecule has 0 atom stereocenters. The summed E-state index contributed by atoms with van der Waals surface area (Å²) in [5, 5.41) is 14.0. The number of nitrogens with one attached hydrogen (secondary N) is 5. The zero-order chi connectivity index (χ0) is 60.1. The van der Waals surface area contributed by atoms with E-state index in [1.54, 1.807) is 38.4 Å². The summed E-state index contributed by atoms with van der Waals surface area (Å²) in [5.41, 5.74) is 5.73. The second kappa shape index (κ2) is 34.5. The number of esters is 1. The van der Waals surface area contributed by atoms with E-state index in [1.165, 1.54) is 96.2 Å². The molecule has 1 amide bonds. The third-order valence-corrected chi connectivity index (χ3v) is 17.4. The molecule has 5 N–H and O–H groups in total. The van der Waals surface area contributed by atoms with E-state index < -0.39 is 12.1 Å².